The first-order chi connectivity index (χ1) is 7.13. The lowest BCUT2D eigenvalue weighted by molar-refractivity contribution is -0.127. The third-order valence-corrected chi connectivity index (χ3v) is 3.36. The van der Waals surface area contributed by atoms with Gasteiger partial charge in [0.1, 0.15) is 0 Å². The number of carbonyl (C=O) groups excluding carboxylic acids is 1. The molecule has 94 valence electrons. The standard InChI is InChI=1S/C12H24N2OS/c1-6-12(5,9(13)16)10(15)14-8-7-11(2,3)4/h6-8H2,1-5H3,(H2,13,16)(H,14,15). The Labute approximate surface area is 104 Å². The van der Waals surface area contributed by atoms with E-state index in [0.29, 0.717) is 13.0 Å². The molecule has 0 aromatic carbocycles. The van der Waals surface area contributed by atoms with Crippen molar-refractivity contribution < 1.29 is 4.79 Å². The van der Waals surface area contributed by atoms with Crippen molar-refractivity contribution in [1.82, 2.24) is 5.32 Å². The molecule has 0 radical (unpaired) electrons. The van der Waals surface area contributed by atoms with E-state index in [-0.39, 0.29) is 16.3 Å². The van der Waals surface area contributed by atoms with Crippen LogP contribution in [0.1, 0.15) is 47.5 Å². The van der Waals surface area contributed by atoms with E-state index in [2.05, 4.69) is 26.1 Å². The first-order valence-corrected chi connectivity index (χ1v) is 6.12. The number of carbonyl (C=O) groups is 1. The van der Waals surface area contributed by atoms with Gasteiger partial charge in [0.2, 0.25) is 5.91 Å². The summed E-state index contributed by atoms with van der Waals surface area (Å²) in [7, 11) is 0. The highest BCUT2D eigenvalue weighted by atomic mass is 32.1. The molecule has 0 aliphatic rings. The molecule has 0 aromatic heterocycles. The summed E-state index contributed by atoms with van der Waals surface area (Å²) in [5.41, 5.74) is 5.12. The molecule has 0 aromatic rings. The zero-order valence-corrected chi connectivity index (χ0v) is 11.8. The molecule has 0 spiro atoms. The van der Waals surface area contributed by atoms with Gasteiger partial charge in [-0.3, -0.25) is 4.79 Å². The first-order valence-electron chi connectivity index (χ1n) is 5.71. The van der Waals surface area contributed by atoms with E-state index in [1.807, 2.05) is 6.92 Å². The van der Waals surface area contributed by atoms with Gasteiger partial charge >= 0.3 is 0 Å². The average molecular weight is 244 g/mol. The lowest BCUT2D eigenvalue weighted by Crippen LogP contribution is -2.47. The Hall–Kier alpha value is -0.640. The van der Waals surface area contributed by atoms with Gasteiger partial charge in [-0.05, 0) is 25.2 Å². The minimum Gasteiger partial charge on any atom is -0.392 e. The zero-order valence-electron chi connectivity index (χ0n) is 11.0. The molecule has 1 atom stereocenters. The van der Waals surface area contributed by atoms with Gasteiger partial charge in [-0.1, -0.05) is 39.9 Å². The fourth-order valence-corrected chi connectivity index (χ4v) is 1.43. The molecule has 1 amide bonds. The Morgan fingerprint density at radius 1 is 1.31 bits per heavy atom. The van der Waals surface area contributed by atoms with Crippen molar-refractivity contribution in [2.24, 2.45) is 16.6 Å². The van der Waals surface area contributed by atoms with Crippen LogP contribution in [0.3, 0.4) is 0 Å². The van der Waals surface area contributed by atoms with E-state index in [1.54, 1.807) is 6.92 Å². The Balaban J connectivity index is 4.30. The fourth-order valence-electron chi connectivity index (χ4n) is 1.19. The molecule has 0 rings (SSSR count). The van der Waals surface area contributed by atoms with Crippen molar-refractivity contribution in [3.05, 3.63) is 0 Å². The number of nitrogens with two attached hydrogens (primary N) is 1. The van der Waals surface area contributed by atoms with E-state index in [0.717, 1.165) is 6.42 Å². The minimum absolute atomic E-state index is 0.0632. The topological polar surface area (TPSA) is 55.1 Å². The Morgan fingerprint density at radius 3 is 2.12 bits per heavy atom. The second kappa shape index (κ2) is 5.62. The van der Waals surface area contributed by atoms with E-state index in [9.17, 15) is 4.79 Å². The van der Waals surface area contributed by atoms with Gasteiger partial charge in [0.15, 0.2) is 0 Å². The summed E-state index contributed by atoms with van der Waals surface area (Å²) in [5, 5.41) is 2.91. The summed E-state index contributed by atoms with van der Waals surface area (Å²) in [6.45, 7) is 10.8. The summed E-state index contributed by atoms with van der Waals surface area (Å²) in [6, 6.07) is 0. The Morgan fingerprint density at radius 2 is 1.81 bits per heavy atom. The monoisotopic (exact) mass is 244 g/mol. The second-order valence-electron chi connectivity index (χ2n) is 5.62. The summed E-state index contributed by atoms with van der Waals surface area (Å²) in [5.74, 6) is -0.0632. The summed E-state index contributed by atoms with van der Waals surface area (Å²) < 4.78 is 0. The molecule has 0 fully saturated rings. The van der Waals surface area contributed by atoms with Crippen molar-refractivity contribution in [2.45, 2.75) is 47.5 Å². The van der Waals surface area contributed by atoms with Gasteiger partial charge in [0.05, 0.1) is 10.4 Å². The quantitative estimate of drug-likeness (QED) is 0.729. The predicted octanol–water partition coefficient (Wildman–Crippen LogP) is 2.24. The normalized spacial score (nSPS) is 15.3. The van der Waals surface area contributed by atoms with Gasteiger partial charge in [0.25, 0.3) is 0 Å². The minimum atomic E-state index is -0.715. The largest absolute Gasteiger partial charge is 0.392 e. The highest BCUT2D eigenvalue weighted by Crippen LogP contribution is 2.22. The molecule has 0 heterocycles. The van der Waals surface area contributed by atoms with Crippen molar-refractivity contribution >= 4 is 23.1 Å². The van der Waals surface area contributed by atoms with E-state index >= 15 is 0 Å². The van der Waals surface area contributed by atoms with Gasteiger partial charge in [-0.25, -0.2) is 0 Å². The predicted molar refractivity (Wildman–Crippen MR) is 72.3 cm³/mol. The number of hydrogen-bond acceptors (Lipinski definition) is 2. The van der Waals surface area contributed by atoms with Crippen LogP contribution < -0.4 is 11.1 Å². The van der Waals surface area contributed by atoms with Crippen molar-refractivity contribution in [2.75, 3.05) is 6.54 Å². The molecule has 3 nitrogen and oxygen atoms in total. The van der Waals surface area contributed by atoms with Gasteiger partial charge in [-0.2, -0.15) is 0 Å². The maximum Gasteiger partial charge on any atom is 0.232 e. The zero-order chi connectivity index (χ0) is 13.0. The molecular formula is C12H24N2OS. The van der Waals surface area contributed by atoms with Crippen LogP contribution in [0.15, 0.2) is 0 Å². The Bertz CT molecular complexity index is 271. The van der Waals surface area contributed by atoms with Crippen molar-refractivity contribution in [1.29, 1.82) is 0 Å². The highest BCUT2D eigenvalue weighted by Gasteiger charge is 2.34. The number of hydrogen-bond donors (Lipinski definition) is 2. The summed E-state index contributed by atoms with van der Waals surface area (Å²) in [6.07, 6.45) is 1.57. The van der Waals surface area contributed by atoms with Gasteiger partial charge in [-0.15, -0.1) is 0 Å². The van der Waals surface area contributed by atoms with Gasteiger partial charge in [0, 0.05) is 6.54 Å². The van der Waals surface area contributed by atoms with E-state index < -0.39 is 5.41 Å². The lowest BCUT2D eigenvalue weighted by atomic mass is 9.86. The molecule has 16 heavy (non-hydrogen) atoms. The van der Waals surface area contributed by atoms with Crippen LogP contribution in [0.4, 0.5) is 0 Å². The van der Waals surface area contributed by atoms with Crippen LogP contribution >= 0.6 is 12.2 Å². The first kappa shape index (κ1) is 15.4. The molecular weight excluding hydrogens is 220 g/mol. The van der Waals surface area contributed by atoms with Crippen LogP contribution in [0.2, 0.25) is 0 Å². The van der Waals surface area contributed by atoms with Crippen molar-refractivity contribution in [3.63, 3.8) is 0 Å². The van der Waals surface area contributed by atoms with E-state index in [4.69, 9.17) is 18.0 Å². The average Bonchev–Trinajstić information content (AvgIpc) is 2.13. The maximum atomic E-state index is 11.9. The fraction of sp³-hybridized carbons (Fsp3) is 0.833. The SMILES string of the molecule is CCC(C)(C(=O)NCCC(C)(C)C)C(N)=S. The summed E-state index contributed by atoms with van der Waals surface area (Å²) >= 11 is 4.95. The van der Waals surface area contributed by atoms with Crippen LogP contribution in [0.5, 0.6) is 0 Å². The van der Waals surface area contributed by atoms with E-state index in [1.165, 1.54) is 0 Å². The molecule has 0 saturated carbocycles. The van der Waals surface area contributed by atoms with Crippen molar-refractivity contribution in [3.8, 4) is 0 Å². The number of thiocarbonyl (C=S) groups is 1. The molecule has 0 aliphatic heterocycles. The summed E-state index contributed by atoms with van der Waals surface area (Å²) in [4.78, 5) is 12.2. The lowest BCUT2D eigenvalue weighted by Gasteiger charge is -2.26. The molecule has 1 unspecified atom stereocenters. The molecule has 0 aliphatic carbocycles. The van der Waals surface area contributed by atoms with Crippen LogP contribution in [-0.4, -0.2) is 17.4 Å². The molecule has 3 N–H and O–H groups in total. The number of rotatable bonds is 5. The third-order valence-electron chi connectivity index (χ3n) is 2.91. The van der Waals surface area contributed by atoms with Gasteiger partial charge < -0.3 is 11.1 Å². The number of amides is 1. The molecule has 0 saturated heterocycles. The second-order valence-corrected chi connectivity index (χ2v) is 6.06. The van der Waals surface area contributed by atoms with Crippen LogP contribution in [-0.2, 0) is 4.79 Å². The maximum absolute atomic E-state index is 11.9. The Kier molecular flexibility index (Phi) is 5.39. The number of nitrogens with one attached hydrogen (secondary N) is 1. The molecule has 0 bridgehead atoms. The highest BCUT2D eigenvalue weighted by molar-refractivity contribution is 7.80. The molecule has 4 heteroatoms. The third kappa shape index (κ3) is 4.47. The van der Waals surface area contributed by atoms with Crippen LogP contribution in [0, 0.1) is 10.8 Å². The smallest absolute Gasteiger partial charge is 0.232 e. The van der Waals surface area contributed by atoms with Crippen LogP contribution in [0.25, 0.3) is 0 Å².